The summed E-state index contributed by atoms with van der Waals surface area (Å²) >= 11 is 0. The summed E-state index contributed by atoms with van der Waals surface area (Å²) in [5.74, 6) is 0. The maximum Gasteiger partial charge on any atom is 0.124 e. The number of hydrogen-bond acceptors (Lipinski definition) is 4. The summed E-state index contributed by atoms with van der Waals surface area (Å²) in [6, 6.07) is 11.9. The van der Waals surface area contributed by atoms with Gasteiger partial charge >= 0.3 is 0 Å². The summed E-state index contributed by atoms with van der Waals surface area (Å²) in [5, 5.41) is 13.7. The number of benzene rings is 1. The fourth-order valence-corrected chi connectivity index (χ4v) is 1.80. The molecule has 0 aliphatic heterocycles. The van der Waals surface area contributed by atoms with Gasteiger partial charge in [-0.15, -0.1) is 0 Å². The van der Waals surface area contributed by atoms with Crippen LogP contribution in [0.3, 0.4) is 0 Å². The van der Waals surface area contributed by atoms with Gasteiger partial charge < -0.3 is 14.5 Å². The van der Waals surface area contributed by atoms with Crippen LogP contribution in [-0.4, -0.2) is 22.9 Å². The van der Waals surface area contributed by atoms with Gasteiger partial charge in [-0.3, -0.25) is 0 Å². The van der Waals surface area contributed by atoms with E-state index in [9.17, 15) is 5.11 Å². The van der Waals surface area contributed by atoms with E-state index < -0.39 is 0 Å². The van der Waals surface area contributed by atoms with Crippen molar-refractivity contribution in [2.75, 3.05) is 11.4 Å². The molecule has 0 radical (unpaired) electrons. The molecular formula is C14H18N2O2. The lowest BCUT2D eigenvalue weighted by molar-refractivity contribution is 0.175. The second-order valence-electron chi connectivity index (χ2n) is 4.27. The van der Waals surface area contributed by atoms with Gasteiger partial charge in [0.25, 0.3) is 0 Å². The van der Waals surface area contributed by atoms with Crippen molar-refractivity contribution < 1.29 is 9.63 Å². The first-order chi connectivity index (χ1) is 8.79. The zero-order valence-electron chi connectivity index (χ0n) is 10.5. The number of anilines is 1. The zero-order valence-corrected chi connectivity index (χ0v) is 10.5. The maximum atomic E-state index is 9.83. The Labute approximate surface area is 107 Å². The summed E-state index contributed by atoms with van der Waals surface area (Å²) in [4.78, 5) is 2.10. The van der Waals surface area contributed by atoms with Gasteiger partial charge in [-0.25, -0.2) is 0 Å². The quantitative estimate of drug-likeness (QED) is 0.850. The first-order valence-electron chi connectivity index (χ1n) is 6.17. The normalized spacial score (nSPS) is 12.3. The van der Waals surface area contributed by atoms with Gasteiger partial charge in [-0.05, 0) is 18.6 Å². The van der Waals surface area contributed by atoms with E-state index in [-0.39, 0.29) is 6.10 Å². The monoisotopic (exact) mass is 246 g/mol. The number of nitrogens with zero attached hydrogens (tertiary/aromatic N) is 2. The van der Waals surface area contributed by atoms with E-state index in [2.05, 4.69) is 10.1 Å². The Morgan fingerprint density at radius 1 is 1.28 bits per heavy atom. The van der Waals surface area contributed by atoms with E-state index in [4.69, 9.17) is 4.52 Å². The average Bonchev–Trinajstić information content (AvgIpc) is 2.92. The summed E-state index contributed by atoms with van der Waals surface area (Å²) in [6.45, 7) is 3.20. The highest BCUT2D eigenvalue weighted by Gasteiger charge is 2.12. The summed E-state index contributed by atoms with van der Waals surface area (Å²) < 4.78 is 4.84. The molecule has 1 unspecified atom stereocenters. The minimum Gasteiger partial charge on any atom is -0.391 e. The van der Waals surface area contributed by atoms with Crippen LogP contribution in [0.25, 0.3) is 0 Å². The molecule has 96 valence electrons. The molecule has 0 saturated heterocycles. The van der Waals surface area contributed by atoms with E-state index in [0.29, 0.717) is 13.1 Å². The Bertz CT molecular complexity index is 442. The Kier molecular flexibility index (Phi) is 4.36. The predicted octanol–water partition coefficient (Wildman–Crippen LogP) is 2.45. The first kappa shape index (κ1) is 12.6. The van der Waals surface area contributed by atoms with Crippen LogP contribution in [0.1, 0.15) is 19.0 Å². The van der Waals surface area contributed by atoms with Crippen molar-refractivity contribution >= 4 is 5.69 Å². The number of hydrogen-bond donors (Lipinski definition) is 1. The number of aliphatic hydroxyl groups is 1. The minimum absolute atomic E-state index is 0.336. The summed E-state index contributed by atoms with van der Waals surface area (Å²) in [6.07, 6.45) is 1.97. The van der Waals surface area contributed by atoms with Crippen molar-refractivity contribution in [2.24, 2.45) is 0 Å². The van der Waals surface area contributed by atoms with Crippen molar-refractivity contribution in [1.82, 2.24) is 5.16 Å². The topological polar surface area (TPSA) is 49.5 Å². The molecule has 0 bridgehead atoms. The molecule has 1 N–H and O–H groups in total. The smallest absolute Gasteiger partial charge is 0.124 e. The van der Waals surface area contributed by atoms with Gasteiger partial charge in [0.1, 0.15) is 12.0 Å². The summed E-state index contributed by atoms with van der Waals surface area (Å²) in [7, 11) is 0. The first-order valence-corrected chi connectivity index (χ1v) is 6.17. The van der Waals surface area contributed by atoms with Gasteiger partial charge in [-0.1, -0.05) is 30.3 Å². The van der Waals surface area contributed by atoms with Crippen LogP contribution in [-0.2, 0) is 6.54 Å². The molecule has 4 nitrogen and oxygen atoms in total. The molecule has 1 atom stereocenters. The SMILES string of the molecule is CCC(O)CN(Cc1ccon1)c1ccccc1. The molecule has 0 aliphatic carbocycles. The molecule has 1 aromatic carbocycles. The lowest BCUT2D eigenvalue weighted by atomic mass is 10.2. The number of aromatic nitrogens is 1. The van der Waals surface area contributed by atoms with Crippen molar-refractivity contribution in [3.63, 3.8) is 0 Å². The lowest BCUT2D eigenvalue weighted by Gasteiger charge is -2.26. The molecule has 2 rings (SSSR count). The van der Waals surface area contributed by atoms with Crippen molar-refractivity contribution in [1.29, 1.82) is 0 Å². The molecule has 0 spiro atoms. The highest BCUT2D eigenvalue weighted by molar-refractivity contribution is 5.46. The van der Waals surface area contributed by atoms with E-state index in [1.54, 1.807) is 6.26 Å². The number of para-hydroxylation sites is 1. The second kappa shape index (κ2) is 6.21. The lowest BCUT2D eigenvalue weighted by Crippen LogP contribution is -2.31. The third-order valence-corrected chi connectivity index (χ3v) is 2.87. The average molecular weight is 246 g/mol. The molecule has 0 aliphatic rings. The standard InChI is InChI=1S/C14H18N2O2/c1-2-14(17)11-16(10-12-8-9-18-15-12)13-6-4-3-5-7-13/h3-9,14,17H,2,10-11H2,1H3. The Hall–Kier alpha value is -1.81. The van der Waals surface area contributed by atoms with Crippen LogP contribution >= 0.6 is 0 Å². The Morgan fingerprint density at radius 2 is 2.06 bits per heavy atom. The van der Waals surface area contributed by atoms with Crippen LogP contribution in [0.5, 0.6) is 0 Å². The fraction of sp³-hybridized carbons (Fsp3) is 0.357. The van der Waals surface area contributed by atoms with Gasteiger partial charge in [0.05, 0.1) is 12.6 Å². The molecule has 1 aromatic heterocycles. The van der Waals surface area contributed by atoms with Crippen molar-refractivity contribution in [3.05, 3.63) is 48.4 Å². The molecule has 0 saturated carbocycles. The third kappa shape index (κ3) is 3.34. The Morgan fingerprint density at radius 3 is 2.67 bits per heavy atom. The van der Waals surface area contributed by atoms with Crippen LogP contribution in [0.2, 0.25) is 0 Å². The highest BCUT2D eigenvalue weighted by atomic mass is 16.5. The minimum atomic E-state index is -0.336. The molecule has 18 heavy (non-hydrogen) atoms. The second-order valence-corrected chi connectivity index (χ2v) is 4.27. The van der Waals surface area contributed by atoms with Crippen molar-refractivity contribution in [2.45, 2.75) is 26.0 Å². The van der Waals surface area contributed by atoms with Crippen LogP contribution in [0.4, 0.5) is 5.69 Å². The fourth-order valence-electron chi connectivity index (χ4n) is 1.80. The van der Waals surface area contributed by atoms with Gasteiger partial charge in [0, 0.05) is 18.3 Å². The van der Waals surface area contributed by atoms with E-state index >= 15 is 0 Å². The van der Waals surface area contributed by atoms with Gasteiger partial charge in [0.2, 0.25) is 0 Å². The molecule has 4 heteroatoms. The zero-order chi connectivity index (χ0) is 12.8. The van der Waals surface area contributed by atoms with Crippen LogP contribution < -0.4 is 4.90 Å². The molecule has 0 amide bonds. The van der Waals surface area contributed by atoms with Gasteiger partial charge in [0.15, 0.2) is 0 Å². The third-order valence-electron chi connectivity index (χ3n) is 2.87. The molecule has 1 heterocycles. The largest absolute Gasteiger partial charge is 0.391 e. The number of rotatable bonds is 6. The molecule has 2 aromatic rings. The molecule has 0 fully saturated rings. The van der Waals surface area contributed by atoms with E-state index in [0.717, 1.165) is 17.8 Å². The van der Waals surface area contributed by atoms with Crippen LogP contribution in [0, 0.1) is 0 Å². The van der Waals surface area contributed by atoms with Crippen LogP contribution in [0.15, 0.2) is 47.2 Å². The number of aliphatic hydroxyl groups excluding tert-OH is 1. The highest BCUT2D eigenvalue weighted by Crippen LogP contribution is 2.17. The predicted molar refractivity (Wildman–Crippen MR) is 70.3 cm³/mol. The maximum absolute atomic E-state index is 9.83. The molecular weight excluding hydrogens is 228 g/mol. The van der Waals surface area contributed by atoms with Gasteiger partial charge in [-0.2, -0.15) is 0 Å². The van der Waals surface area contributed by atoms with E-state index in [1.165, 1.54) is 0 Å². The summed E-state index contributed by atoms with van der Waals surface area (Å²) in [5.41, 5.74) is 1.94. The van der Waals surface area contributed by atoms with E-state index in [1.807, 2.05) is 43.3 Å². The van der Waals surface area contributed by atoms with Crippen molar-refractivity contribution in [3.8, 4) is 0 Å². The Balaban J connectivity index is 2.12.